The van der Waals surface area contributed by atoms with Crippen molar-refractivity contribution < 1.29 is 9.53 Å². The fraction of sp³-hybridized carbons (Fsp3) is 0.350. The Balaban J connectivity index is 1.40. The highest BCUT2D eigenvalue weighted by molar-refractivity contribution is 7.11. The van der Waals surface area contributed by atoms with Crippen LogP contribution in [0.25, 0.3) is 5.69 Å². The fourth-order valence-corrected chi connectivity index (χ4v) is 4.63. The maximum Gasteiger partial charge on any atom is 0.265 e. The molecule has 27 heavy (non-hydrogen) atoms. The molecule has 0 N–H and O–H groups in total. The molecule has 0 unspecified atom stereocenters. The van der Waals surface area contributed by atoms with Crippen LogP contribution in [0.15, 0.2) is 48.2 Å². The first-order valence-corrected chi connectivity index (χ1v) is 10.1. The zero-order valence-electron chi connectivity index (χ0n) is 14.9. The molecule has 4 heterocycles. The van der Waals surface area contributed by atoms with Crippen LogP contribution in [0.3, 0.4) is 0 Å². The lowest BCUT2D eigenvalue weighted by Crippen LogP contribution is -2.48. The normalized spacial score (nSPS) is 18.4. The molecule has 6 nitrogen and oxygen atoms in total. The lowest BCUT2D eigenvalue weighted by atomic mass is 9.84. The van der Waals surface area contributed by atoms with E-state index in [1.165, 1.54) is 16.9 Å². The first kappa shape index (κ1) is 16.6. The molecule has 0 bridgehead atoms. The molecule has 1 spiro atoms. The minimum Gasteiger partial charge on any atom is -0.368 e. The van der Waals surface area contributed by atoms with Gasteiger partial charge in [-0.2, -0.15) is 5.10 Å². The Hall–Kier alpha value is -2.51. The van der Waals surface area contributed by atoms with E-state index < -0.39 is 0 Å². The van der Waals surface area contributed by atoms with E-state index in [9.17, 15) is 4.79 Å². The number of carbonyl (C=O) groups is 1. The number of carbonyl (C=O) groups excluding carboxylic acids is 1. The van der Waals surface area contributed by atoms with Crippen molar-refractivity contribution in [2.24, 2.45) is 0 Å². The topological polar surface area (TPSA) is 60.3 Å². The quantitative estimate of drug-likeness (QED) is 0.686. The first-order chi connectivity index (χ1) is 13.3. The van der Waals surface area contributed by atoms with Gasteiger partial charge in [-0.25, -0.2) is 4.68 Å². The summed E-state index contributed by atoms with van der Waals surface area (Å²) in [6.45, 7) is 2.05. The molecule has 0 aliphatic carbocycles. The van der Waals surface area contributed by atoms with Gasteiger partial charge in [-0.1, -0.05) is 18.2 Å². The van der Waals surface area contributed by atoms with Crippen LogP contribution in [-0.4, -0.2) is 45.3 Å². The molecule has 1 amide bonds. The number of nitrogens with zero attached hydrogens (tertiary/aromatic N) is 4. The molecule has 1 fully saturated rings. The van der Waals surface area contributed by atoms with Crippen molar-refractivity contribution >= 4 is 17.2 Å². The Morgan fingerprint density at radius 2 is 2.00 bits per heavy atom. The Morgan fingerprint density at radius 1 is 1.19 bits per heavy atom. The summed E-state index contributed by atoms with van der Waals surface area (Å²) in [5.74, 6) is 0.0678. The number of para-hydroxylation sites is 1. The summed E-state index contributed by atoms with van der Waals surface area (Å²) in [4.78, 5) is 19.2. The van der Waals surface area contributed by atoms with Crippen LogP contribution in [0.4, 0.5) is 0 Å². The van der Waals surface area contributed by atoms with E-state index >= 15 is 0 Å². The van der Waals surface area contributed by atoms with Crippen molar-refractivity contribution in [1.82, 2.24) is 19.7 Å². The van der Waals surface area contributed by atoms with E-state index in [4.69, 9.17) is 9.84 Å². The molecule has 0 saturated carbocycles. The summed E-state index contributed by atoms with van der Waals surface area (Å²) < 4.78 is 8.23. The molecule has 138 valence electrons. The average Bonchev–Trinajstić information content (AvgIpc) is 3.40. The SMILES string of the molecule is O=C(c1cncs1)N1CCC2(CC1)OCCc1cn(-c3ccccc3)nc12. The molecule has 5 rings (SSSR count). The molecular formula is C20H20N4O2S. The summed E-state index contributed by atoms with van der Waals surface area (Å²) in [5, 5.41) is 4.90. The largest absolute Gasteiger partial charge is 0.368 e. The molecule has 7 heteroatoms. The van der Waals surface area contributed by atoms with Crippen molar-refractivity contribution in [3.63, 3.8) is 0 Å². The molecule has 2 aliphatic heterocycles. The molecule has 2 aliphatic rings. The Kier molecular flexibility index (Phi) is 4.06. The van der Waals surface area contributed by atoms with E-state index in [0.717, 1.165) is 30.6 Å². The molecule has 2 aromatic heterocycles. The van der Waals surface area contributed by atoms with Gasteiger partial charge in [0.1, 0.15) is 10.5 Å². The number of thiazole rings is 1. The maximum atomic E-state index is 12.6. The minimum absolute atomic E-state index is 0.0678. The molecule has 0 atom stereocenters. The van der Waals surface area contributed by atoms with Gasteiger partial charge < -0.3 is 9.64 Å². The lowest BCUT2D eigenvalue weighted by Gasteiger charge is -2.42. The first-order valence-electron chi connectivity index (χ1n) is 9.21. The predicted octanol–water partition coefficient (Wildman–Crippen LogP) is 3.03. The smallest absolute Gasteiger partial charge is 0.265 e. The number of ether oxygens (including phenoxy) is 1. The second-order valence-electron chi connectivity index (χ2n) is 7.03. The summed E-state index contributed by atoms with van der Waals surface area (Å²) in [6.07, 6.45) is 6.21. The highest BCUT2D eigenvalue weighted by Gasteiger charge is 2.44. The van der Waals surface area contributed by atoms with Crippen LogP contribution in [0.2, 0.25) is 0 Å². The summed E-state index contributed by atoms with van der Waals surface area (Å²) in [7, 11) is 0. The van der Waals surface area contributed by atoms with Crippen molar-refractivity contribution in [2.75, 3.05) is 19.7 Å². The molecule has 3 aromatic rings. The third kappa shape index (κ3) is 2.87. The third-order valence-corrected chi connectivity index (χ3v) is 6.25. The number of rotatable bonds is 2. The summed E-state index contributed by atoms with van der Waals surface area (Å²) in [5.41, 5.74) is 4.68. The minimum atomic E-state index is -0.377. The summed E-state index contributed by atoms with van der Waals surface area (Å²) >= 11 is 1.39. The molecule has 1 aromatic carbocycles. The second-order valence-corrected chi connectivity index (χ2v) is 7.92. The van der Waals surface area contributed by atoms with Gasteiger partial charge in [0.2, 0.25) is 0 Å². The van der Waals surface area contributed by atoms with Gasteiger partial charge in [-0.15, -0.1) is 11.3 Å². The lowest BCUT2D eigenvalue weighted by molar-refractivity contribution is -0.0963. The zero-order chi connectivity index (χ0) is 18.3. The number of hydrogen-bond acceptors (Lipinski definition) is 5. The third-order valence-electron chi connectivity index (χ3n) is 5.49. The van der Waals surface area contributed by atoms with E-state index in [0.29, 0.717) is 24.6 Å². The maximum absolute atomic E-state index is 12.6. The number of fused-ring (bicyclic) bond motifs is 2. The number of hydrogen-bond donors (Lipinski definition) is 0. The van der Waals surface area contributed by atoms with E-state index in [1.807, 2.05) is 27.8 Å². The van der Waals surface area contributed by atoms with Crippen molar-refractivity contribution in [2.45, 2.75) is 24.9 Å². The van der Waals surface area contributed by atoms with Crippen LogP contribution in [0.1, 0.15) is 33.8 Å². The van der Waals surface area contributed by atoms with Crippen LogP contribution < -0.4 is 0 Å². The van der Waals surface area contributed by atoms with Gasteiger partial charge in [0, 0.05) is 19.3 Å². The van der Waals surface area contributed by atoms with E-state index in [2.05, 4.69) is 23.3 Å². The molecule has 1 saturated heterocycles. The number of likely N-dealkylation sites (tertiary alicyclic amines) is 1. The monoisotopic (exact) mass is 380 g/mol. The van der Waals surface area contributed by atoms with Gasteiger partial charge in [-0.3, -0.25) is 9.78 Å². The van der Waals surface area contributed by atoms with E-state index in [1.54, 1.807) is 11.7 Å². The van der Waals surface area contributed by atoms with Crippen molar-refractivity contribution in [1.29, 1.82) is 0 Å². The van der Waals surface area contributed by atoms with Gasteiger partial charge >= 0.3 is 0 Å². The Morgan fingerprint density at radius 3 is 2.74 bits per heavy atom. The number of aromatic nitrogens is 3. The van der Waals surface area contributed by atoms with Gasteiger partial charge in [0.05, 0.1) is 29.7 Å². The zero-order valence-corrected chi connectivity index (χ0v) is 15.7. The highest BCUT2D eigenvalue weighted by atomic mass is 32.1. The number of piperidine rings is 1. The van der Waals surface area contributed by atoms with Crippen molar-refractivity contribution in [3.05, 3.63) is 64.4 Å². The fourth-order valence-electron chi connectivity index (χ4n) is 4.04. The Labute approximate surface area is 161 Å². The van der Waals surface area contributed by atoms with Crippen molar-refractivity contribution in [3.8, 4) is 5.69 Å². The molecular weight excluding hydrogens is 360 g/mol. The van der Waals surface area contributed by atoms with Crippen LogP contribution >= 0.6 is 11.3 Å². The number of amides is 1. The van der Waals surface area contributed by atoms with Gasteiger partial charge in [0.15, 0.2) is 0 Å². The standard InChI is InChI=1S/C20H20N4O2S/c25-19(17-12-21-14-27-17)23-9-7-20(8-10-23)18-15(6-11-26-20)13-24(22-18)16-4-2-1-3-5-16/h1-5,12-14H,6-11H2. The summed E-state index contributed by atoms with van der Waals surface area (Å²) in [6, 6.07) is 10.2. The van der Waals surface area contributed by atoms with E-state index in [-0.39, 0.29) is 11.5 Å². The van der Waals surface area contributed by atoms with Crippen LogP contribution in [-0.2, 0) is 16.8 Å². The van der Waals surface area contributed by atoms with Crippen LogP contribution in [0.5, 0.6) is 0 Å². The average molecular weight is 380 g/mol. The van der Waals surface area contributed by atoms with Crippen LogP contribution in [0, 0.1) is 0 Å². The second kappa shape index (κ2) is 6.58. The highest BCUT2D eigenvalue weighted by Crippen LogP contribution is 2.41. The molecule has 0 radical (unpaired) electrons. The number of benzene rings is 1. The van der Waals surface area contributed by atoms with Gasteiger partial charge in [-0.05, 0) is 37.0 Å². The predicted molar refractivity (Wildman–Crippen MR) is 102 cm³/mol. The van der Waals surface area contributed by atoms with Gasteiger partial charge in [0.25, 0.3) is 5.91 Å². The Bertz CT molecular complexity index is 944.